The highest BCUT2D eigenvalue weighted by Crippen LogP contribution is 2.30. The molecule has 2 nitrogen and oxygen atoms in total. The van der Waals surface area contributed by atoms with Gasteiger partial charge in [0.2, 0.25) is 0 Å². The van der Waals surface area contributed by atoms with Crippen molar-refractivity contribution in [3.63, 3.8) is 0 Å². The van der Waals surface area contributed by atoms with Crippen molar-refractivity contribution in [2.45, 2.75) is 13.8 Å². The van der Waals surface area contributed by atoms with Gasteiger partial charge < -0.3 is 9.80 Å². The molecule has 0 aliphatic heterocycles. The minimum absolute atomic E-state index is 1.00. The predicted molar refractivity (Wildman–Crippen MR) is 158 cm³/mol. The molecule has 0 aliphatic rings. The fraction of sp³-hybridized carbons (Fsp3) is 0.176. The third-order valence-electron chi connectivity index (χ3n) is 6.59. The molecule has 0 fully saturated rings. The first-order chi connectivity index (χ1) is 17.6. The van der Waals surface area contributed by atoms with Crippen LogP contribution in [0, 0.1) is 0 Å². The van der Waals surface area contributed by atoms with Crippen LogP contribution in [0.3, 0.4) is 0 Å². The third-order valence-corrected chi connectivity index (χ3v) is 6.59. The quantitative estimate of drug-likeness (QED) is 0.227. The first-order valence-electron chi connectivity index (χ1n) is 12.8. The largest absolute Gasteiger partial charge is 0.378 e. The Labute approximate surface area is 216 Å². The van der Waals surface area contributed by atoms with Crippen LogP contribution >= 0.6 is 0 Å². The molecule has 0 bridgehead atoms. The second kappa shape index (κ2) is 12.1. The number of anilines is 2. The van der Waals surface area contributed by atoms with Gasteiger partial charge in [-0.05, 0) is 71.5 Å². The van der Waals surface area contributed by atoms with E-state index in [1.54, 1.807) is 0 Å². The first kappa shape index (κ1) is 25.1. The van der Waals surface area contributed by atoms with Crippen molar-refractivity contribution >= 4 is 22.5 Å². The minimum atomic E-state index is 1.00. The molecule has 0 amide bonds. The Morgan fingerprint density at radius 2 is 0.861 bits per heavy atom. The van der Waals surface area contributed by atoms with Gasteiger partial charge in [0.05, 0.1) is 0 Å². The predicted octanol–water partition coefficient (Wildman–Crippen LogP) is 8.16. The molecular weight excluding hydrogens is 436 g/mol. The summed E-state index contributed by atoms with van der Waals surface area (Å²) in [6.07, 6.45) is 4.53. The number of hydrogen-bond acceptors (Lipinski definition) is 2. The monoisotopic (exact) mass is 472 g/mol. The second-order valence-electron chi connectivity index (χ2n) is 9.05. The zero-order chi connectivity index (χ0) is 25.3. The third kappa shape index (κ3) is 5.95. The highest BCUT2D eigenvalue weighted by molar-refractivity contribution is 5.86. The normalized spacial score (nSPS) is 11.2. The summed E-state index contributed by atoms with van der Waals surface area (Å²) in [6, 6.07) is 39.0. The van der Waals surface area contributed by atoms with Crippen molar-refractivity contribution < 1.29 is 0 Å². The van der Waals surface area contributed by atoms with Crippen LogP contribution in [-0.4, -0.2) is 27.2 Å². The molecule has 0 aliphatic carbocycles. The lowest BCUT2D eigenvalue weighted by Crippen LogP contribution is -2.21. The molecule has 4 aromatic carbocycles. The summed E-state index contributed by atoms with van der Waals surface area (Å²) in [5.41, 5.74) is 9.69. The van der Waals surface area contributed by atoms with Gasteiger partial charge in [0.15, 0.2) is 0 Å². The molecule has 0 aromatic heterocycles. The summed E-state index contributed by atoms with van der Waals surface area (Å²) in [4.78, 5) is 4.51. The summed E-state index contributed by atoms with van der Waals surface area (Å²) in [7, 11) is 4.15. The van der Waals surface area contributed by atoms with Crippen LogP contribution in [0.5, 0.6) is 0 Å². The Bertz CT molecular complexity index is 1240. The fourth-order valence-electron chi connectivity index (χ4n) is 4.50. The lowest BCUT2D eigenvalue weighted by atomic mass is 9.93. The topological polar surface area (TPSA) is 6.48 Å². The molecule has 0 heterocycles. The van der Waals surface area contributed by atoms with Crippen LogP contribution in [0.4, 0.5) is 11.4 Å². The Morgan fingerprint density at radius 1 is 0.500 bits per heavy atom. The summed E-state index contributed by atoms with van der Waals surface area (Å²) < 4.78 is 0. The van der Waals surface area contributed by atoms with Gasteiger partial charge in [0.1, 0.15) is 0 Å². The van der Waals surface area contributed by atoms with E-state index < -0.39 is 0 Å². The van der Waals surface area contributed by atoms with E-state index >= 15 is 0 Å². The lowest BCUT2D eigenvalue weighted by molar-refractivity contribution is 0.866. The van der Waals surface area contributed by atoms with Crippen molar-refractivity contribution in [2.75, 3.05) is 37.0 Å². The van der Waals surface area contributed by atoms with Crippen LogP contribution in [-0.2, 0) is 0 Å². The fourth-order valence-corrected chi connectivity index (χ4v) is 4.50. The zero-order valence-corrected chi connectivity index (χ0v) is 21.9. The molecule has 0 unspecified atom stereocenters. The molecule has 0 spiro atoms. The van der Waals surface area contributed by atoms with E-state index in [0.717, 1.165) is 13.1 Å². The number of rotatable bonds is 9. The van der Waals surface area contributed by atoms with Gasteiger partial charge in [-0.25, -0.2) is 0 Å². The summed E-state index contributed by atoms with van der Waals surface area (Å²) in [6.45, 7) is 6.42. The Balaban J connectivity index is 1.83. The average Bonchev–Trinajstić information content (AvgIpc) is 2.93. The van der Waals surface area contributed by atoms with Crippen molar-refractivity contribution in [3.8, 4) is 0 Å². The molecule has 182 valence electrons. The van der Waals surface area contributed by atoms with Crippen LogP contribution in [0.15, 0.2) is 121 Å². The van der Waals surface area contributed by atoms with E-state index in [1.807, 2.05) is 0 Å². The molecule has 0 N–H and O–H groups in total. The maximum Gasteiger partial charge on any atom is 0.0366 e. The molecule has 4 aromatic rings. The highest BCUT2D eigenvalue weighted by Gasteiger charge is 2.09. The summed E-state index contributed by atoms with van der Waals surface area (Å²) in [5.74, 6) is 0. The highest BCUT2D eigenvalue weighted by atomic mass is 15.1. The van der Waals surface area contributed by atoms with Gasteiger partial charge in [0, 0.05) is 38.6 Å². The van der Waals surface area contributed by atoms with Gasteiger partial charge >= 0.3 is 0 Å². The molecule has 0 radical (unpaired) electrons. The van der Waals surface area contributed by atoms with Crippen LogP contribution in [0.2, 0.25) is 0 Å². The number of benzene rings is 4. The van der Waals surface area contributed by atoms with E-state index in [2.05, 4.69) is 159 Å². The maximum absolute atomic E-state index is 2.38. The molecule has 2 heteroatoms. The summed E-state index contributed by atoms with van der Waals surface area (Å²) >= 11 is 0. The van der Waals surface area contributed by atoms with Crippen molar-refractivity contribution in [1.29, 1.82) is 0 Å². The van der Waals surface area contributed by atoms with Crippen LogP contribution < -0.4 is 9.80 Å². The van der Waals surface area contributed by atoms with Gasteiger partial charge in [-0.2, -0.15) is 0 Å². The zero-order valence-electron chi connectivity index (χ0n) is 21.9. The van der Waals surface area contributed by atoms with Gasteiger partial charge in [-0.1, -0.05) is 97.1 Å². The molecular formula is C34H36N2. The van der Waals surface area contributed by atoms with E-state index in [9.17, 15) is 0 Å². The first-order valence-corrected chi connectivity index (χ1v) is 12.8. The van der Waals surface area contributed by atoms with Crippen LogP contribution in [0.1, 0.15) is 36.1 Å². The summed E-state index contributed by atoms with van der Waals surface area (Å²) in [5, 5.41) is 0. The Morgan fingerprint density at radius 3 is 1.22 bits per heavy atom. The van der Waals surface area contributed by atoms with E-state index in [4.69, 9.17) is 0 Å². The van der Waals surface area contributed by atoms with Crippen LogP contribution in [0.25, 0.3) is 11.1 Å². The number of nitrogens with zero attached hydrogens (tertiary/aromatic N) is 2. The van der Waals surface area contributed by atoms with Crippen molar-refractivity contribution in [3.05, 3.63) is 144 Å². The Kier molecular flexibility index (Phi) is 8.41. The molecule has 0 saturated heterocycles. The van der Waals surface area contributed by atoms with E-state index in [1.165, 1.54) is 44.8 Å². The van der Waals surface area contributed by atoms with E-state index in [-0.39, 0.29) is 0 Å². The smallest absolute Gasteiger partial charge is 0.0366 e. The van der Waals surface area contributed by atoms with Gasteiger partial charge in [-0.3, -0.25) is 0 Å². The number of hydrogen-bond donors (Lipinski definition) is 0. The second-order valence-corrected chi connectivity index (χ2v) is 9.05. The molecule has 0 atom stereocenters. The molecule has 36 heavy (non-hydrogen) atoms. The number of allylic oxidation sites excluding steroid dienone is 2. The Hall–Kier alpha value is -4.04. The van der Waals surface area contributed by atoms with Crippen molar-refractivity contribution in [2.24, 2.45) is 0 Å². The van der Waals surface area contributed by atoms with Crippen molar-refractivity contribution in [1.82, 2.24) is 0 Å². The lowest BCUT2D eigenvalue weighted by Gasteiger charge is -2.21. The van der Waals surface area contributed by atoms with Gasteiger partial charge in [-0.15, -0.1) is 0 Å². The van der Waals surface area contributed by atoms with Gasteiger partial charge in [0.25, 0.3) is 0 Å². The van der Waals surface area contributed by atoms with E-state index in [0.29, 0.717) is 0 Å². The molecule has 4 rings (SSSR count). The minimum Gasteiger partial charge on any atom is -0.378 e. The maximum atomic E-state index is 2.38. The standard InChI is InChI=1S/C34H36N2/c1-5-36(6-2)32-23-19-30(20-24-32)34(29-17-21-31(22-18-29)35(3)4)26-25-33(27-13-9-7-10-14-27)28-15-11-8-12-16-28/h7-26H,5-6H2,1-4H3/b34-26+. The average molecular weight is 473 g/mol. The molecule has 0 saturated carbocycles. The SMILES string of the molecule is CCN(CC)c1ccc(/C(=C/C=C(c2ccccc2)c2ccccc2)c2ccc(N(C)C)cc2)cc1.